The topological polar surface area (TPSA) is 69.0 Å². The molecule has 0 bridgehead atoms. The number of pyridine rings is 1. The van der Waals surface area contributed by atoms with Crippen LogP contribution in [0.25, 0.3) is 10.9 Å². The van der Waals surface area contributed by atoms with E-state index in [2.05, 4.69) is 15.0 Å². The number of carbonyl (C=O) groups excluding carboxylic acids is 1. The van der Waals surface area contributed by atoms with Gasteiger partial charge >= 0.3 is 6.43 Å². The molecular formula is C27H26F2N4O2. The number of alkyl halides is 2. The first-order chi connectivity index (χ1) is 17.1. The molecular weight excluding hydrogens is 450 g/mol. The van der Waals surface area contributed by atoms with Gasteiger partial charge in [-0.2, -0.15) is 5.10 Å². The number of ketones is 1. The van der Waals surface area contributed by atoms with Crippen molar-refractivity contribution < 1.29 is 18.3 Å². The van der Waals surface area contributed by atoms with Gasteiger partial charge < -0.3 is 10.1 Å². The second-order valence-electron chi connectivity index (χ2n) is 8.74. The van der Waals surface area contributed by atoms with Crippen LogP contribution in [0.5, 0.6) is 5.88 Å². The lowest BCUT2D eigenvalue weighted by Crippen LogP contribution is -2.14. The smallest absolute Gasteiger partial charge is 0.300 e. The van der Waals surface area contributed by atoms with E-state index >= 15 is 0 Å². The minimum Gasteiger partial charge on any atom is -0.472 e. The lowest BCUT2D eigenvalue weighted by molar-refractivity contribution is 0.0679. The maximum atomic E-state index is 12.8. The van der Waals surface area contributed by atoms with Gasteiger partial charge in [0.05, 0.1) is 11.6 Å². The van der Waals surface area contributed by atoms with Gasteiger partial charge in [0.15, 0.2) is 5.82 Å². The van der Waals surface area contributed by atoms with Gasteiger partial charge in [0.25, 0.3) is 0 Å². The molecule has 2 heterocycles. The number of carbonyl (C=O) groups is 1. The van der Waals surface area contributed by atoms with E-state index in [1.807, 2.05) is 36.4 Å². The number of Topliss-reactive ketones (excluding diaryl/α,β-unsaturated/α-hetero) is 1. The predicted molar refractivity (Wildman–Crippen MR) is 130 cm³/mol. The van der Waals surface area contributed by atoms with Gasteiger partial charge in [-0.25, -0.2) is 13.8 Å². The average Bonchev–Trinajstić information content (AvgIpc) is 3.27. The number of benzene rings is 2. The van der Waals surface area contributed by atoms with Crippen molar-refractivity contribution in [3.8, 4) is 5.88 Å². The zero-order valence-corrected chi connectivity index (χ0v) is 19.2. The number of anilines is 2. The van der Waals surface area contributed by atoms with Crippen LogP contribution >= 0.6 is 0 Å². The van der Waals surface area contributed by atoms with Gasteiger partial charge in [0.1, 0.15) is 12.0 Å². The van der Waals surface area contributed by atoms with Crippen molar-refractivity contribution >= 4 is 28.2 Å². The van der Waals surface area contributed by atoms with Crippen LogP contribution in [0.3, 0.4) is 0 Å². The number of rotatable bonds is 8. The molecule has 6 nitrogen and oxygen atoms in total. The molecule has 0 atom stereocenters. The lowest BCUT2D eigenvalue weighted by atomic mass is 9.95. The highest BCUT2D eigenvalue weighted by atomic mass is 19.3. The molecule has 180 valence electrons. The molecule has 0 radical (unpaired) electrons. The number of hydrogen-bond donors (Lipinski definition) is 1. The first-order valence-electron chi connectivity index (χ1n) is 11.8. The van der Waals surface area contributed by atoms with E-state index in [4.69, 9.17) is 9.84 Å². The fourth-order valence-corrected chi connectivity index (χ4v) is 4.57. The van der Waals surface area contributed by atoms with E-state index in [1.165, 1.54) is 18.6 Å². The summed E-state index contributed by atoms with van der Waals surface area (Å²) in [6.45, 7) is 0.367. The Morgan fingerprint density at radius 3 is 2.49 bits per heavy atom. The second kappa shape index (κ2) is 10.2. The van der Waals surface area contributed by atoms with Crippen molar-refractivity contribution in [1.29, 1.82) is 0 Å². The van der Waals surface area contributed by atoms with Gasteiger partial charge in [-0.3, -0.25) is 9.48 Å². The third-order valence-corrected chi connectivity index (χ3v) is 6.35. The van der Waals surface area contributed by atoms with Gasteiger partial charge in [-0.05, 0) is 48.7 Å². The Morgan fingerprint density at radius 1 is 1.03 bits per heavy atom. The minimum absolute atomic E-state index is 0.0308. The summed E-state index contributed by atoms with van der Waals surface area (Å²) in [7, 11) is 0. The standard InChI is InChI=1S/C27H26F2N4O2/c28-25(29)24(34)19-11-13-20(14-12-19)31-26-23-22(33(32-26)21-9-5-2-6-10-21)15-16-30-27(23)35-17-18-7-3-1-4-8-18/h1,3-4,7-8,11-16,21,25H,2,5-6,9-10,17H2,(H,31,32). The summed E-state index contributed by atoms with van der Waals surface area (Å²) in [5.74, 6) is -0.139. The van der Waals surface area contributed by atoms with Crippen molar-refractivity contribution in [2.24, 2.45) is 0 Å². The molecule has 0 saturated heterocycles. The number of ether oxygens (including phenoxy) is 1. The van der Waals surface area contributed by atoms with E-state index in [0.717, 1.165) is 42.1 Å². The summed E-state index contributed by atoms with van der Waals surface area (Å²) in [6, 6.07) is 18.1. The zero-order chi connectivity index (χ0) is 24.2. The highest BCUT2D eigenvalue weighted by Gasteiger charge is 2.24. The number of hydrogen-bond acceptors (Lipinski definition) is 5. The summed E-state index contributed by atoms with van der Waals surface area (Å²) >= 11 is 0. The first kappa shape index (κ1) is 23.0. The Morgan fingerprint density at radius 2 is 1.77 bits per heavy atom. The summed E-state index contributed by atoms with van der Waals surface area (Å²) in [5.41, 5.74) is 2.56. The molecule has 0 unspecified atom stereocenters. The van der Waals surface area contributed by atoms with Crippen molar-refractivity contribution in [3.63, 3.8) is 0 Å². The molecule has 5 rings (SSSR count). The fourth-order valence-electron chi connectivity index (χ4n) is 4.57. The number of fused-ring (bicyclic) bond motifs is 1. The van der Waals surface area contributed by atoms with E-state index in [0.29, 0.717) is 24.0 Å². The van der Waals surface area contributed by atoms with Crippen LogP contribution in [0, 0.1) is 0 Å². The average molecular weight is 477 g/mol. The lowest BCUT2D eigenvalue weighted by Gasteiger charge is -2.22. The van der Waals surface area contributed by atoms with Crippen LogP contribution in [0.1, 0.15) is 54.1 Å². The van der Waals surface area contributed by atoms with Crippen molar-refractivity contribution in [1.82, 2.24) is 14.8 Å². The third-order valence-electron chi connectivity index (χ3n) is 6.35. The van der Waals surface area contributed by atoms with E-state index in [-0.39, 0.29) is 11.6 Å². The Balaban J connectivity index is 1.50. The van der Waals surface area contributed by atoms with Gasteiger partial charge in [-0.1, -0.05) is 49.6 Å². The third kappa shape index (κ3) is 5.01. The largest absolute Gasteiger partial charge is 0.472 e. The van der Waals surface area contributed by atoms with Crippen LogP contribution in [-0.2, 0) is 6.61 Å². The number of nitrogens with zero attached hydrogens (tertiary/aromatic N) is 3. The maximum Gasteiger partial charge on any atom is 0.300 e. The molecule has 2 aromatic heterocycles. The summed E-state index contributed by atoms with van der Waals surface area (Å²) < 4.78 is 33.7. The molecule has 2 aromatic carbocycles. The van der Waals surface area contributed by atoms with Crippen LogP contribution in [-0.4, -0.2) is 27.0 Å². The molecule has 35 heavy (non-hydrogen) atoms. The first-order valence-corrected chi connectivity index (χ1v) is 11.8. The molecule has 0 aliphatic heterocycles. The number of nitrogens with one attached hydrogen (secondary N) is 1. The van der Waals surface area contributed by atoms with Crippen molar-refractivity contribution in [2.75, 3.05) is 5.32 Å². The molecule has 0 amide bonds. The molecule has 1 fully saturated rings. The minimum atomic E-state index is -3.03. The van der Waals surface area contributed by atoms with E-state index in [9.17, 15) is 13.6 Å². The zero-order valence-electron chi connectivity index (χ0n) is 19.2. The quantitative estimate of drug-likeness (QED) is 0.286. The maximum absolute atomic E-state index is 12.8. The van der Waals surface area contributed by atoms with Crippen LogP contribution in [0.4, 0.5) is 20.3 Å². The van der Waals surface area contributed by atoms with E-state index in [1.54, 1.807) is 18.3 Å². The number of halogens is 2. The normalized spacial score (nSPS) is 14.4. The van der Waals surface area contributed by atoms with Crippen LogP contribution < -0.4 is 10.1 Å². The van der Waals surface area contributed by atoms with Gasteiger partial charge in [0, 0.05) is 17.4 Å². The van der Waals surface area contributed by atoms with Crippen molar-refractivity contribution in [3.05, 3.63) is 78.0 Å². The summed E-state index contributed by atoms with van der Waals surface area (Å²) in [6.07, 6.45) is 4.38. The molecule has 8 heteroatoms. The van der Waals surface area contributed by atoms with E-state index < -0.39 is 12.2 Å². The van der Waals surface area contributed by atoms with Gasteiger partial charge in [0.2, 0.25) is 11.7 Å². The number of aromatic nitrogens is 3. The Labute approximate surface area is 201 Å². The molecule has 1 aliphatic rings. The van der Waals surface area contributed by atoms with Crippen LogP contribution in [0.15, 0.2) is 66.9 Å². The molecule has 1 saturated carbocycles. The second-order valence-corrected chi connectivity index (χ2v) is 8.74. The molecule has 1 aliphatic carbocycles. The Hall–Kier alpha value is -3.81. The van der Waals surface area contributed by atoms with Crippen LogP contribution in [0.2, 0.25) is 0 Å². The summed E-state index contributed by atoms with van der Waals surface area (Å²) in [5, 5.41) is 8.96. The van der Waals surface area contributed by atoms with Gasteiger partial charge in [-0.15, -0.1) is 0 Å². The monoisotopic (exact) mass is 476 g/mol. The molecule has 0 spiro atoms. The Kier molecular flexibility index (Phi) is 6.70. The Bertz CT molecular complexity index is 1300. The SMILES string of the molecule is O=C(c1ccc(Nc2nn(C3CCCCC3)c3ccnc(OCc4ccccc4)c23)cc1)C(F)F. The van der Waals surface area contributed by atoms with Crippen molar-refractivity contribution in [2.45, 2.75) is 51.2 Å². The fraction of sp³-hybridized carbons (Fsp3) is 0.296. The highest BCUT2D eigenvalue weighted by Crippen LogP contribution is 2.37. The summed E-state index contributed by atoms with van der Waals surface area (Å²) in [4.78, 5) is 16.1. The highest BCUT2D eigenvalue weighted by molar-refractivity contribution is 5.99. The molecule has 4 aromatic rings. The molecule has 1 N–H and O–H groups in total. The predicted octanol–water partition coefficient (Wildman–Crippen LogP) is 6.71.